The number of carbonyl (C=O) groups is 2. The van der Waals surface area contributed by atoms with E-state index < -0.39 is 135 Å². The van der Waals surface area contributed by atoms with Crippen LogP contribution in [0, 0.1) is 0 Å². The molecule has 0 aromatic rings. The molecule has 246 valence electrons. The van der Waals surface area contributed by atoms with E-state index in [1.807, 2.05) is 0 Å². The summed E-state index contributed by atoms with van der Waals surface area (Å²) in [6.45, 7) is 0.357. The van der Waals surface area contributed by atoms with Gasteiger partial charge >= 0.3 is 23.5 Å². The van der Waals surface area contributed by atoms with Gasteiger partial charge in [0, 0.05) is 5.57 Å². The van der Waals surface area contributed by atoms with Crippen LogP contribution in [0.3, 0.4) is 0 Å². The van der Waals surface area contributed by atoms with Gasteiger partial charge in [-0.2, -0.15) is 0 Å². The SMILES string of the molecule is C=C1CC(=O)O[C@@]2(O)[C@H](O)[C@@H](N)[C@@H](OC3[C@@H](CO)O[C@@H](OC4[C@@H](CO)O[C@@H](O)[C@H](N)[C@H]4O)[C@H](N)[C@H]3O)O[C@]2(CO)OC1=O. The van der Waals surface area contributed by atoms with Gasteiger partial charge in [0.15, 0.2) is 18.9 Å². The Hall–Kier alpha value is -1.96. The molecule has 14 N–H and O–H groups in total. The molecule has 4 aliphatic rings. The number of nitrogens with two attached hydrogens (primary N) is 3. The molecule has 15 atom stereocenters. The van der Waals surface area contributed by atoms with Crippen molar-refractivity contribution in [3.8, 4) is 0 Å². The van der Waals surface area contributed by atoms with E-state index in [2.05, 4.69) is 6.58 Å². The molecule has 0 aliphatic carbocycles. The lowest BCUT2D eigenvalue weighted by Crippen LogP contribution is -2.79. The van der Waals surface area contributed by atoms with Crippen LogP contribution in [0.4, 0.5) is 0 Å². The van der Waals surface area contributed by atoms with Gasteiger partial charge in [-0.25, -0.2) is 4.79 Å². The standard InChI is InChI=1S/C23H37N3O17/c1-6-2-9(30)41-23(36)17(33)12(26)21(43-22(23,5-29)42-18(6)34)40-16-8(4-28)38-20(11(25)14(16)32)39-15-7(3-27)37-19(35)10(24)13(15)31/h7-8,10-17,19-21,27-29,31-33,35-36H,1-5,24-26H2/t7-,8-,10-,11-,12-,13-,14-,15?,16?,17-,19-,20+,21+,22+,23+/m1/s1. The summed E-state index contributed by atoms with van der Waals surface area (Å²) in [6.07, 6.45) is -17.5. The highest BCUT2D eigenvalue weighted by atomic mass is 16.8. The predicted molar refractivity (Wildman–Crippen MR) is 131 cm³/mol. The van der Waals surface area contributed by atoms with Gasteiger partial charge in [-0.05, 0) is 0 Å². The van der Waals surface area contributed by atoms with E-state index in [0.29, 0.717) is 0 Å². The van der Waals surface area contributed by atoms with Crippen LogP contribution in [0.1, 0.15) is 6.42 Å². The normalized spacial score (nSPS) is 49.4. The summed E-state index contributed by atoms with van der Waals surface area (Å²) < 4.78 is 37.6. The molecule has 4 fully saturated rings. The smallest absolute Gasteiger partial charge is 0.336 e. The van der Waals surface area contributed by atoms with Crippen LogP contribution in [0.2, 0.25) is 0 Å². The topological polar surface area (TPSA) is 339 Å². The maximum atomic E-state index is 12.5. The Morgan fingerprint density at radius 2 is 1.40 bits per heavy atom. The summed E-state index contributed by atoms with van der Waals surface area (Å²) in [5.41, 5.74) is 17.4. The minimum Gasteiger partial charge on any atom is -0.423 e. The van der Waals surface area contributed by atoms with Gasteiger partial charge in [0.05, 0.1) is 37.8 Å². The van der Waals surface area contributed by atoms with E-state index >= 15 is 0 Å². The number of aliphatic hydroxyl groups is 8. The molecule has 0 aromatic carbocycles. The molecule has 4 saturated heterocycles. The molecule has 0 saturated carbocycles. The average Bonchev–Trinajstić information content (AvgIpc) is 2.97. The molecule has 43 heavy (non-hydrogen) atoms. The van der Waals surface area contributed by atoms with Crippen molar-refractivity contribution in [3.05, 3.63) is 12.2 Å². The fourth-order valence-corrected chi connectivity index (χ4v) is 5.16. The Balaban J connectivity index is 1.56. The molecule has 20 heteroatoms. The van der Waals surface area contributed by atoms with E-state index in [9.17, 15) is 50.4 Å². The zero-order valence-electron chi connectivity index (χ0n) is 22.5. The number of hydrogen-bond donors (Lipinski definition) is 11. The molecule has 4 rings (SSSR count). The fraction of sp³-hybridized carbons (Fsp3) is 0.826. The molecule has 20 nitrogen and oxygen atoms in total. The summed E-state index contributed by atoms with van der Waals surface area (Å²) in [7, 11) is 0. The Kier molecular flexibility index (Phi) is 10.1. The number of aliphatic hydroxyl groups excluding tert-OH is 7. The first-order valence-electron chi connectivity index (χ1n) is 13.1. The summed E-state index contributed by atoms with van der Waals surface area (Å²) in [5.74, 6) is -8.78. The molecule has 2 unspecified atom stereocenters. The lowest BCUT2D eigenvalue weighted by Gasteiger charge is -2.54. The van der Waals surface area contributed by atoms with Crippen LogP contribution in [-0.4, -0.2) is 164 Å². The monoisotopic (exact) mass is 627 g/mol. The summed E-state index contributed by atoms with van der Waals surface area (Å²) >= 11 is 0. The largest absolute Gasteiger partial charge is 0.423 e. The van der Waals surface area contributed by atoms with E-state index in [0.717, 1.165) is 0 Å². The van der Waals surface area contributed by atoms with Crippen molar-refractivity contribution in [1.82, 2.24) is 0 Å². The first-order valence-corrected chi connectivity index (χ1v) is 13.1. The van der Waals surface area contributed by atoms with Gasteiger partial charge in [-0.3, -0.25) is 4.79 Å². The van der Waals surface area contributed by atoms with E-state index in [-0.39, 0.29) is 0 Å². The molecule has 0 radical (unpaired) electrons. The molecule has 0 amide bonds. The lowest BCUT2D eigenvalue weighted by atomic mass is 9.89. The van der Waals surface area contributed by atoms with Crippen molar-refractivity contribution in [1.29, 1.82) is 0 Å². The van der Waals surface area contributed by atoms with Crippen LogP contribution in [0.5, 0.6) is 0 Å². The first kappa shape index (κ1) is 33.9. The van der Waals surface area contributed by atoms with Crippen LogP contribution in [0.15, 0.2) is 12.2 Å². The Morgan fingerprint density at radius 1 is 0.837 bits per heavy atom. The first-order chi connectivity index (χ1) is 20.1. The van der Waals surface area contributed by atoms with E-state index in [1.165, 1.54) is 0 Å². The number of carbonyl (C=O) groups excluding carboxylic acids is 2. The maximum Gasteiger partial charge on any atom is 0.336 e. The molecule has 4 aliphatic heterocycles. The van der Waals surface area contributed by atoms with Gasteiger partial charge in [0.25, 0.3) is 0 Å². The van der Waals surface area contributed by atoms with Gasteiger partial charge in [0.2, 0.25) is 0 Å². The fourth-order valence-electron chi connectivity index (χ4n) is 5.16. The van der Waals surface area contributed by atoms with Crippen molar-refractivity contribution < 1.29 is 83.6 Å². The van der Waals surface area contributed by atoms with Crippen molar-refractivity contribution >= 4 is 11.9 Å². The number of rotatable bonds is 7. The molecule has 0 aromatic heterocycles. The third kappa shape index (κ3) is 5.91. The van der Waals surface area contributed by atoms with Gasteiger partial charge in [0.1, 0.15) is 49.3 Å². The van der Waals surface area contributed by atoms with Crippen molar-refractivity contribution in [2.45, 2.75) is 97.7 Å². The van der Waals surface area contributed by atoms with Crippen LogP contribution in [-0.2, 0) is 42.7 Å². The number of esters is 2. The molecular formula is C23H37N3O17. The molecule has 4 heterocycles. The highest BCUT2D eigenvalue weighted by Gasteiger charge is 2.70. The summed E-state index contributed by atoms with van der Waals surface area (Å²) in [6, 6.07) is -4.68. The Labute approximate surface area is 243 Å². The number of ether oxygens (including phenoxy) is 7. The second-order valence-electron chi connectivity index (χ2n) is 10.6. The van der Waals surface area contributed by atoms with Gasteiger partial charge < -0.3 is 91.2 Å². The van der Waals surface area contributed by atoms with Gasteiger partial charge in [-0.1, -0.05) is 6.58 Å². The quantitative estimate of drug-likeness (QED) is 0.0921. The molecule has 0 spiro atoms. The Morgan fingerprint density at radius 3 is 1.98 bits per heavy atom. The van der Waals surface area contributed by atoms with Crippen molar-refractivity contribution in [2.75, 3.05) is 19.8 Å². The minimum atomic E-state index is -3.23. The zero-order chi connectivity index (χ0) is 32.0. The highest BCUT2D eigenvalue weighted by molar-refractivity contribution is 5.94. The zero-order valence-corrected chi connectivity index (χ0v) is 22.5. The van der Waals surface area contributed by atoms with E-state index in [4.69, 9.17) is 50.4 Å². The highest BCUT2D eigenvalue weighted by Crippen LogP contribution is 2.43. The number of fused-ring (bicyclic) bond motifs is 1. The molecule has 0 bridgehead atoms. The third-order valence-electron chi connectivity index (χ3n) is 7.72. The third-order valence-corrected chi connectivity index (χ3v) is 7.72. The van der Waals surface area contributed by atoms with E-state index in [1.54, 1.807) is 0 Å². The summed E-state index contributed by atoms with van der Waals surface area (Å²) in [4.78, 5) is 24.7. The van der Waals surface area contributed by atoms with Crippen LogP contribution in [0.25, 0.3) is 0 Å². The second-order valence-corrected chi connectivity index (χ2v) is 10.6. The number of hydrogen-bond acceptors (Lipinski definition) is 20. The lowest BCUT2D eigenvalue weighted by molar-refractivity contribution is -0.467. The average molecular weight is 628 g/mol. The van der Waals surface area contributed by atoms with Crippen LogP contribution < -0.4 is 17.2 Å². The van der Waals surface area contributed by atoms with Gasteiger partial charge in [-0.15, -0.1) is 0 Å². The maximum absolute atomic E-state index is 12.5. The summed E-state index contributed by atoms with van der Waals surface area (Å²) in [5, 5.41) is 83.2. The van der Waals surface area contributed by atoms with Crippen molar-refractivity contribution in [2.24, 2.45) is 17.2 Å². The van der Waals surface area contributed by atoms with Crippen LogP contribution >= 0.6 is 0 Å². The Bertz CT molecular complexity index is 1050. The van der Waals surface area contributed by atoms with Crippen molar-refractivity contribution in [3.63, 3.8) is 0 Å². The predicted octanol–water partition coefficient (Wildman–Crippen LogP) is -7.97. The minimum absolute atomic E-state index is 0.439. The molecular weight excluding hydrogens is 590 g/mol. The second kappa shape index (κ2) is 12.8.